The average molecular weight is 269 g/mol. The van der Waals surface area contributed by atoms with Crippen LogP contribution in [0.3, 0.4) is 0 Å². The van der Waals surface area contributed by atoms with Gasteiger partial charge in [-0.1, -0.05) is 24.3 Å². The highest BCUT2D eigenvalue weighted by Gasteiger charge is 2.04. The zero-order valence-electron chi connectivity index (χ0n) is 10.0. The zero-order chi connectivity index (χ0) is 13.2. The van der Waals surface area contributed by atoms with Gasteiger partial charge in [0.25, 0.3) is 0 Å². The van der Waals surface area contributed by atoms with Gasteiger partial charge in [0, 0.05) is 21.9 Å². The predicted molar refractivity (Wildman–Crippen MR) is 77.6 cm³/mol. The molecule has 3 rings (SSSR count). The number of aliphatic carboxylic acids is 1. The summed E-state index contributed by atoms with van der Waals surface area (Å²) in [6.45, 7) is 0. The summed E-state index contributed by atoms with van der Waals surface area (Å²) >= 11 is 1.32. The van der Waals surface area contributed by atoms with Gasteiger partial charge >= 0.3 is 5.97 Å². The number of rotatable bonds is 3. The molecule has 1 heterocycles. The number of carboxylic acids is 1. The van der Waals surface area contributed by atoms with E-state index in [9.17, 15) is 4.79 Å². The summed E-state index contributed by atoms with van der Waals surface area (Å²) in [5.41, 5.74) is 0.929. The van der Waals surface area contributed by atoms with Crippen LogP contribution in [0, 0.1) is 0 Å². The maximum atomic E-state index is 10.6. The molecule has 3 aromatic rings. The Balaban J connectivity index is 2.14. The number of hydrogen-bond donors (Lipinski definition) is 1. The Morgan fingerprint density at radius 1 is 1.16 bits per heavy atom. The minimum absolute atomic E-state index is 0.0731. The van der Waals surface area contributed by atoms with Crippen molar-refractivity contribution in [3.63, 3.8) is 0 Å². The first-order valence-electron chi connectivity index (χ1n) is 5.86. The van der Waals surface area contributed by atoms with Gasteiger partial charge in [-0.2, -0.15) is 0 Å². The molecule has 0 atom stereocenters. The summed E-state index contributed by atoms with van der Waals surface area (Å²) < 4.78 is 0. The van der Waals surface area contributed by atoms with Gasteiger partial charge in [0.1, 0.15) is 0 Å². The van der Waals surface area contributed by atoms with Crippen LogP contribution in [0.5, 0.6) is 0 Å². The second-order valence-electron chi connectivity index (χ2n) is 4.21. The number of fused-ring (bicyclic) bond motifs is 3. The molecule has 4 heteroatoms. The van der Waals surface area contributed by atoms with E-state index < -0.39 is 5.97 Å². The molecule has 0 bridgehead atoms. The van der Waals surface area contributed by atoms with Gasteiger partial charge in [0.15, 0.2) is 0 Å². The first-order chi connectivity index (χ1) is 9.24. The molecule has 2 aromatic carbocycles. The highest BCUT2D eigenvalue weighted by Crippen LogP contribution is 2.28. The van der Waals surface area contributed by atoms with Crippen LogP contribution in [0.25, 0.3) is 21.7 Å². The van der Waals surface area contributed by atoms with Crippen molar-refractivity contribution < 1.29 is 9.90 Å². The van der Waals surface area contributed by atoms with Crippen molar-refractivity contribution in [2.75, 3.05) is 5.75 Å². The SMILES string of the molecule is O=C(O)CSc1ccc2ncc3ccccc3c2c1. The number of hydrogen-bond acceptors (Lipinski definition) is 3. The third kappa shape index (κ3) is 2.39. The number of carboxylic acid groups (broad SMARTS) is 1. The molecule has 0 saturated heterocycles. The lowest BCUT2D eigenvalue weighted by Gasteiger charge is -2.05. The van der Waals surface area contributed by atoms with Gasteiger partial charge in [-0.05, 0) is 23.6 Å². The fourth-order valence-corrected chi connectivity index (χ4v) is 2.73. The number of pyridine rings is 1. The van der Waals surface area contributed by atoms with Crippen molar-refractivity contribution in [1.82, 2.24) is 4.98 Å². The molecule has 1 N–H and O–H groups in total. The first kappa shape index (κ1) is 12.0. The number of nitrogens with zero attached hydrogens (tertiary/aromatic N) is 1. The Morgan fingerprint density at radius 2 is 2.00 bits per heavy atom. The molecular formula is C15H11NO2S. The molecule has 0 aliphatic heterocycles. The summed E-state index contributed by atoms with van der Waals surface area (Å²) in [5.74, 6) is -0.731. The number of thioether (sulfide) groups is 1. The van der Waals surface area contributed by atoms with E-state index >= 15 is 0 Å². The van der Waals surface area contributed by atoms with Crippen molar-refractivity contribution >= 4 is 39.4 Å². The number of aromatic nitrogens is 1. The van der Waals surface area contributed by atoms with Gasteiger partial charge < -0.3 is 5.11 Å². The fourth-order valence-electron chi connectivity index (χ4n) is 2.07. The topological polar surface area (TPSA) is 50.2 Å². The molecular weight excluding hydrogens is 258 g/mol. The van der Waals surface area contributed by atoms with E-state index in [1.807, 2.05) is 42.6 Å². The van der Waals surface area contributed by atoms with Gasteiger partial charge in [0.2, 0.25) is 0 Å². The van der Waals surface area contributed by atoms with E-state index in [2.05, 4.69) is 11.1 Å². The molecule has 19 heavy (non-hydrogen) atoms. The van der Waals surface area contributed by atoms with E-state index in [1.54, 1.807) is 0 Å². The summed E-state index contributed by atoms with van der Waals surface area (Å²) in [6.07, 6.45) is 1.86. The molecule has 3 nitrogen and oxygen atoms in total. The molecule has 0 aliphatic rings. The first-order valence-corrected chi connectivity index (χ1v) is 6.85. The lowest BCUT2D eigenvalue weighted by Crippen LogP contribution is -1.97. The van der Waals surface area contributed by atoms with Crippen molar-refractivity contribution in [2.45, 2.75) is 4.90 Å². The van der Waals surface area contributed by atoms with Crippen LogP contribution in [0.2, 0.25) is 0 Å². The maximum absolute atomic E-state index is 10.6. The third-order valence-electron chi connectivity index (χ3n) is 2.92. The van der Waals surface area contributed by atoms with E-state index in [4.69, 9.17) is 5.11 Å². The minimum Gasteiger partial charge on any atom is -0.481 e. The van der Waals surface area contributed by atoms with Gasteiger partial charge in [0.05, 0.1) is 11.3 Å². The second kappa shape index (κ2) is 4.90. The van der Waals surface area contributed by atoms with Crippen molar-refractivity contribution in [2.24, 2.45) is 0 Å². The Labute approximate surface area is 114 Å². The molecule has 0 aliphatic carbocycles. The smallest absolute Gasteiger partial charge is 0.313 e. The standard InChI is InChI=1S/C15H11NO2S/c17-15(18)9-19-11-5-6-14-13(7-11)12-4-2-1-3-10(12)8-16-14/h1-8H,9H2,(H,17,18). The van der Waals surface area contributed by atoms with Crippen LogP contribution >= 0.6 is 11.8 Å². The Morgan fingerprint density at radius 3 is 2.84 bits per heavy atom. The van der Waals surface area contributed by atoms with Crippen molar-refractivity contribution in [3.8, 4) is 0 Å². The van der Waals surface area contributed by atoms with Crippen molar-refractivity contribution in [1.29, 1.82) is 0 Å². The monoisotopic (exact) mass is 269 g/mol. The Bertz CT molecular complexity index is 770. The van der Waals surface area contributed by atoms with Crippen LogP contribution in [-0.2, 0) is 4.79 Å². The summed E-state index contributed by atoms with van der Waals surface area (Å²) in [6, 6.07) is 13.9. The Hall–Kier alpha value is -2.07. The molecule has 0 saturated carbocycles. The summed E-state index contributed by atoms with van der Waals surface area (Å²) in [7, 11) is 0. The second-order valence-corrected chi connectivity index (χ2v) is 5.26. The van der Waals surface area contributed by atoms with E-state index in [1.165, 1.54) is 11.8 Å². The van der Waals surface area contributed by atoms with E-state index in [0.29, 0.717) is 0 Å². The van der Waals surface area contributed by atoms with Gasteiger partial charge in [-0.15, -0.1) is 11.8 Å². The molecule has 0 fully saturated rings. The van der Waals surface area contributed by atoms with Crippen LogP contribution in [0.1, 0.15) is 0 Å². The van der Waals surface area contributed by atoms with Crippen LogP contribution in [0.15, 0.2) is 53.6 Å². The zero-order valence-corrected chi connectivity index (χ0v) is 10.9. The predicted octanol–water partition coefficient (Wildman–Crippen LogP) is 3.56. The summed E-state index contributed by atoms with van der Waals surface area (Å²) in [5, 5.41) is 12.0. The van der Waals surface area contributed by atoms with Crippen molar-refractivity contribution in [3.05, 3.63) is 48.7 Å². The lowest BCUT2D eigenvalue weighted by molar-refractivity contribution is -0.133. The molecule has 0 radical (unpaired) electrons. The third-order valence-corrected chi connectivity index (χ3v) is 3.90. The largest absolute Gasteiger partial charge is 0.481 e. The van der Waals surface area contributed by atoms with Crippen LogP contribution in [-0.4, -0.2) is 21.8 Å². The fraction of sp³-hybridized carbons (Fsp3) is 0.0667. The van der Waals surface area contributed by atoms with E-state index in [0.717, 1.165) is 26.6 Å². The van der Waals surface area contributed by atoms with Crippen LogP contribution in [0.4, 0.5) is 0 Å². The molecule has 0 amide bonds. The normalized spacial score (nSPS) is 10.9. The summed E-state index contributed by atoms with van der Waals surface area (Å²) in [4.78, 5) is 16.0. The highest BCUT2D eigenvalue weighted by molar-refractivity contribution is 8.00. The minimum atomic E-state index is -0.804. The Kier molecular flexibility index (Phi) is 3.09. The quantitative estimate of drug-likeness (QED) is 0.583. The molecule has 0 spiro atoms. The molecule has 0 unspecified atom stereocenters. The van der Waals surface area contributed by atoms with E-state index in [-0.39, 0.29) is 5.75 Å². The number of carbonyl (C=O) groups is 1. The van der Waals surface area contributed by atoms with Gasteiger partial charge in [-0.25, -0.2) is 0 Å². The molecule has 94 valence electrons. The number of benzene rings is 2. The highest BCUT2D eigenvalue weighted by atomic mass is 32.2. The van der Waals surface area contributed by atoms with Gasteiger partial charge in [-0.3, -0.25) is 9.78 Å². The maximum Gasteiger partial charge on any atom is 0.313 e. The average Bonchev–Trinajstić information content (AvgIpc) is 2.44. The lowest BCUT2D eigenvalue weighted by atomic mass is 10.1. The van der Waals surface area contributed by atoms with Crippen LogP contribution < -0.4 is 0 Å². The molecule has 1 aromatic heterocycles.